The number of ether oxygens (including phenoxy) is 1. The molecule has 23 heavy (non-hydrogen) atoms. The first-order chi connectivity index (χ1) is 10.6. The van der Waals surface area contributed by atoms with E-state index in [4.69, 9.17) is 4.74 Å². The second kappa shape index (κ2) is 6.32. The van der Waals surface area contributed by atoms with Gasteiger partial charge in [-0.05, 0) is 30.9 Å². The van der Waals surface area contributed by atoms with Crippen molar-refractivity contribution in [3.8, 4) is 5.75 Å². The first-order valence-electron chi connectivity index (χ1n) is 6.56. The summed E-state index contributed by atoms with van der Waals surface area (Å²) >= 11 is 0. The fourth-order valence-corrected chi connectivity index (χ4v) is 2.72. The number of hydrogen-bond donors (Lipinski definition) is 1. The summed E-state index contributed by atoms with van der Waals surface area (Å²) in [6.07, 6.45) is -2.81. The van der Waals surface area contributed by atoms with E-state index in [9.17, 15) is 31.7 Å². The Kier molecular flexibility index (Phi) is 4.80. The maximum Gasteiger partial charge on any atom is 0.402 e. The predicted molar refractivity (Wildman–Crippen MR) is 72.6 cm³/mol. The smallest absolute Gasteiger partial charge is 0.402 e. The zero-order valence-electron chi connectivity index (χ0n) is 11.7. The Labute approximate surface area is 129 Å². The lowest BCUT2D eigenvalue weighted by molar-refractivity contribution is -0.386. The number of nitrogens with one attached hydrogen (secondary N) is 1. The Balaban J connectivity index is 2.21. The third-order valence-corrected chi connectivity index (χ3v) is 4.47. The van der Waals surface area contributed by atoms with Crippen molar-refractivity contribution in [1.82, 2.24) is 4.72 Å². The molecule has 0 amide bonds. The molecule has 1 aliphatic carbocycles. The van der Waals surface area contributed by atoms with Crippen molar-refractivity contribution in [2.45, 2.75) is 23.9 Å². The summed E-state index contributed by atoms with van der Waals surface area (Å²) in [7, 11) is -4.52. The highest BCUT2D eigenvalue weighted by Crippen LogP contribution is 2.34. The number of sulfonamides is 1. The molecule has 1 aromatic carbocycles. The van der Waals surface area contributed by atoms with Gasteiger partial charge in [-0.3, -0.25) is 10.1 Å². The monoisotopic (exact) mass is 354 g/mol. The van der Waals surface area contributed by atoms with Crippen LogP contribution in [0.15, 0.2) is 23.1 Å². The van der Waals surface area contributed by atoms with Crippen LogP contribution in [0.25, 0.3) is 0 Å². The van der Waals surface area contributed by atoms with E-state index in [1.54, 1.807) is 0 Å². The van der Waals surface area contributed by atoms with Crippen LogP contribution in [-0.4, -0.2) is 32.7 Å². The zero-order valence-corrected chi connectivity index (χ0v) is 12.5. The SMILES string of the molecule is O=[N+]([O-])c1cc(S(=O)(=O)NCC(F)(F)F)ccc1OCC1CC1. The molecule has 0 aromatic heterocycles. The lowest BCUT2D eigenvalue weighted by Gasteiger charge is -2.10. The fourth-order valence-electron chi connectivity index (χ4n) is 1.68. The van der Waals surface area contributed by atoms with Gasteiger partial charge < -0.3 is 4.74 Å². The number of hydrogen-bond acceptors (Lipinski definition) is 5. The summed E-state index contributed by atoms with van der Waals surface area (Å²) in [5.41, 5.74) is -0.611. The number of halogens is 3. The quantitative estimate of drug-likeness (QED) is 0.598. The van der Waals surface area contributed by atoms with Crippen molar-refractivity contribution < 1.29 is 31.2 Å². The van der Waals surface area contributed by atoms with Crippen LogP contribution in [0.5, 0.6) is 5.75 Å². The molecule has 1 N–H and O–H groups in total. The number of rotatable bonds is 7. The van der Waals surface area contributed by atoms with Gasteiger partial charge in [0.1, 0.15) is 6.54 Å². The van der Waals surface area contributed by atoms with Gasteiger partial charge >= 0.3 is 11.9 Å². The Morgan fingerprint density at radius 3 is 2.52 bits per heavy atom. The maximum atomic E-state index is 12.1. The van der Waals surface area contributed by atoms with Crippen molar-refractivity contribution >= 4 is 15.7 Å². The summed E-state index contributed by atoms with van der Waals surface area (Å²) in [6, 6.07) is 2.72. The molecule has 128 valence electrons. The third kappa shape index (κ3) is 5.06. The van der Waals surface area contributed by atoms with Crippen LogP contribution in [0.2, 0.25) is 0 Å². The van der Waals surface area contributed by atoms with Crippen LogP contribution < -0.4 is 9.46 Å². The molecule has 0 bridgehead atoms. The second-order valence-electron chi connectivity index (χ2n) is 5.08. The predicted octanol–water partition coefficient (Wildman–Crippen LogP) is 2.22. The number of alkyl halides is 3. The normalized spacial score (nSPS) is 15.4. The van der Waals surface area contributed by atoms with Crippen molar-refractivity contribution in [2.24, 2.45) is 5.92 Å². The minimum absolute atomic E-state index is 0.114. The van der Waals surface area contributed by atoms with Gasteiger partial charge in [0.2, 0.25) is 10.0 Å². The minimum atomic E-state index is -4.73. The highest BCUT2D eigenvalue weighted by Gasteiger charge is 2.31. The van der Waals surface area contributed by atoms with E-state index >= 15 is 0 Å². The lowest BCUT2D eigenvalue weighted by Crippen LogP contribution is -2.33. The Morgan fingerprint density at radius 1 is 1.35 bits per heavy atom. The van der Waals surface area contributed by atoms with E-state index < -0.39 is 38.3 Å². The summed E-state index contributed by atoms with van der Waals surface area (Å²) in [4.78, 5) is 9.53. The average Bonchev–Trinajstić information content (AvgIpc) is 3.26. The number of benzene rings is 1. The van der Waals surface area contributed by atoms with E-state index in [2.05, 4.69) is 0 Å². The van der Waals surface area contributed by atoms with Gasteiger partial charge in [0.25, 0.3) is 0 Å². The number of nitro benzene ring substituents is 1. The molecule has 0 radical (unpaired) electrons. The van der Waals surface area contributed by atoms with Crippen LogP contribution in [-0.2, 0) is 10.0 Å². The molecule has 0 unspecified atom stereocenters. The second-order valence-corrected chi connectivity index (χ2v) is 6.85. The molecular formula is C12H13F3N2O5S. The molecule has 0 spiro atoms. The first kappa shape index (κ1) is 17.5. The summed E-state index contributed by atoms with van der Waals surface area (Å²) in [5.74, 6) is 0.211. The zero-order chi connectivity index (χ0) is 17.3. The maximum absolute atomic E-state index is 12.1. The Bertz CT molecular complexity index is 701. The Morgan fingerprint density at radius 2 is 2.00 bits per heavy atom. The van der Waals surface area contributed by atoms with Crippen LogP contribution in [0.1, 0.15) is 12.8 Å². The largest absolute Gasteiger partial charge is 0.487 e. The van der Waals surface area contributed by atoms with E-state index in [0.717, 1.165) is 25.0 Å². The first-order valence-corrected chi connectivity index (χ1v) is 8.04. The van der Waals surface area contributed by atoms with Crippen LogP contribution in [0.3, 0.4) is 0 Å². The number of nitro groups is 1. The van der Waals surface area contributed by atoms with Crippen LogP contribution >= 0.6 is 0 Å². The molecule has 1 saturated carbocycles. The van der Waals surface area contributed by atoms with Gasteiger partial charge in [0.05, 0.1) is 16.4 Å². The van der Waals surface area contributed by atoms with Gasteiger partial charge in [-0.25, -0.2) is 13.1 Å². The summed E-state index contributed by atoms with van der Waals surface area (Å²) < 4.78 is 66.4. The fraction of sp³-hybridized carbons (Fsp3) is 0.500. The van der Waals surface area contributed by atoms with Crippen molar-refractivity contribution in [3.63, 3.8) is 0 Å². The molecule has 0 atom stereocenters. The molecule has 0 saturated heterocycles. The van der Waals surface area contributed by atoms with Gasteiger partial charge in [0.15, 0.2) is 5.75 Å². The van der Waals surface area contributed by atoms with Crippen molar-refractivity contribution in [1.29, 1.82) is 0 Å². The van der Waals surface area contributed by atoms with E-state index in [0.29, 0.717) is 12.0 Å². The lowest BCUT2D eigenvalue weighted by atomic mass is 10.3. The van der Waals surface area contributed by atoms with Crippen molar-refractivity contribution in [3.05, 3.63) is 28.3 Å². The van der Waals surface area contributed by atoms with E-state index in [1.807, 2.05) is 0 Å². The highest BCUT2D eigenvalue weighted by molar-refractivity contribution is 7.89. The van der Waals surface area contributed by atoms with Crippen LogP contribution in [0, 0.1) is 16.0 Å². The standard InChI is InChI=1S/C12H13F3N2O5S/c13-12(14,15)7-16-23(20,21)9-3-4-11(10(5-9)17(18)19)22-6-8-1-2-8/h3-5,8,16H,1-2,6-7H2. The van der Waals surface area contributed by atoms with Gasteiger partial charge in [-0.2, -0.15) is 13.2 Å². The molecule has 1 aromatic rings. The summed E-state index contributed by atoms with van der Waals surface area (Å²) in [5, 5.41) is 11.0. The molecule has 0 heterocycles. The topological polar surface area (TPSA) is 98.5 Å². The molecule has 1 aliphatic rings. The molecule has 7 nitrogen and oxygen atoms in total. The molecule has 1 fully saturated rings. The van der Waals surface area contributed by atoms with Gasteiger partial charge in [-0.15, -0.1) is 0 Å². The van der Waals surface area contributed by atoms with Gasteiger partial charge in [0, 0.05) is 6.07 Å². The minimum Gasteiger partial charge on any atom is -0.487 e. The molecule has 11 heteroatoms. The Hall–Kier alpha value is -1.88. The van der Waals surface area contributed by atoms with Gasteiger partial charge in [-0.1, -0.05) is 0 Å². The average molecular weight is 354 g/mol. The van der Waals surface area contributed by atoms with E-state index in [-0.39, 0.29) is 12.4 Å². The molecule has 2 rings (SSSR count). The van der Waals surface area contributed by atoms with E-state index in [1.165, 1.54) is 4.72 Å². The molecular weight excluding hydrogens is 341 g/mol. The molecule has 0 aliphatic heterocycles. The number of nitrogens with zero attached hydrogens (tertiary/aromatic N) is 1. The third-order valence-electron chi connectivity index (χ3n) is 3.07. The van der Waals surface area contributed by atoms with Crippen molar-refractivity contribution in [2.75, 3.05) is 13.2 Å². The highest BCUT2D eigenvalue weighted by atomic mass is 32.2. The van der Waals surface area contributed by atoms with Crippen LogP contribution in [0.4, 0.5) is 18.9 Å². The summed E-state index contributed by atoms with van der Waals surface area (Å²) in [6.45, 7) is -1.48.